The van der Waals surface area contributed by atoms with E-state index in [0.29, 0.717) is 31.1 Å². The van der Waals surface area contributed by atoms with Crippen molar-refractivity contribution < 1.29 is 19.4 Å². The number of ether oxygens (including phenoxy) is 2. The Labute approximate surface area is 117 Å². The third-order valence-corrected chi connectivity index (χ3v) is 2.56. The average Bonchev–Trinajstić information content (AvgIpc) is 2.49. The molecule has 1 aliphatic rings. The van der Waals surface area contributed by atoms with Crippen LogP contribution in [0.25, 0.3) is 0 Å². The van der Waals surface area contributed by atoms with E-state index in [9.17, 15) is 4.79 Å². The van der Waals surface area contributed by atoms with Gasteiger partial charge in [-0.05, 0) is 18.1 Å². The van der Waals surface area contributed by atoms with Crippen LogP contribution in [0.1, 0.15) is 12.1 Å². The highest BCUT2D eigenvalue weighted by atomic mass is 16.6. The Balaban J connectivity index is 1.97. The molecule has 0 aromatic carbocycles. The number of aliphatic hydroxyl groups is 1. The molecule has 2 N–H and O–H groups in total. The largest absolute Gasteiger partial charge is 0.395 e. The Kier molecular flexibility index (Phi) is 5.50. The normalized spacial score (nSPS) is 17.9. The van der Waals surface area contributed by atoms with Crippen LogP contribution >= 0.6 is 0 Å². The van der Waals surface area contributed by atoms with Crippen LogP contribution in [0.15, 0.2) is 18.2 Å². The highest BCUT2D eigenvalue weighted by Crippen LogP contribution is 2.07. The predicted octanol–water partition coefficient (Wildman–Crippen LogP) is 0.169. The van der Waals surface area contributed by atoms with Crippen molar-refractivity contribution in [1.29, 1.82) is 0 Å². The number of anilines is 1. The quantitative estimate of drug-likeness (QED) is 0.769. The van der Waals surface area contributed by atoms with Gasteiger partial charge in [0.2, 0.25) is 0 Å². The minimum Gasteiger partial charge on any atom is -0.395 e. The maximum Gasteiger partial charge on any atom is 0.257 e. The summed E-state index contributed by atoms with van der Waals surface area (Å²) in [6.45, 7) is 1.19. The Bertz CT molecular complexity index is 515. The van der Waals surface area contributed by atoms with E-state index in [1.807, 2.05) is 0 Å². The lowest BCUT2D eigenvalue weighted by molar-refractivity contribution is -0.142. The minimum atomic E-state index is -0.602. The highest BCUT2D eigenvalue weighted by Gasteiger charge is 2.22. The second-order valence-electron chi connectivity index (χ2n) is 4.11. The van der Waals surface area contributed by atoms with E-state index in [-0.39, 0.29) is 19.1 Å². The van der Waals surface area contributed by atoms with Crippen molar-refractivity contribution >= 4 is 11.7 Å². The smallest absolute Gasteiger partial charge is 0.257 e. The monoisotopic (exact) mass is 276 g/mol. The summed E-state index contributed by atoms with van der Waals surface area (Å²) < 4.78 is 10.5. The van der Waals surface area contributed by atoms with E-state index in [1.165, 1.54) is 0 Å². The number of amides is 1. The molecular weight excluding hydrogens is 260 g/mol. The van der Waals surface area contributed by atoms with Crippen LogP contribution in [0.4, 0.5) is 5.82 Å². The zero-order chi connectivity index (χ0) is 14.2. The lowest BCUT2D eigenvalue weighted by Crippen LogP contribution is -2.39. The van der Waals surface area contributed by atoms with Gasteiger partial charge in [-0.25, -0.2) is 4.98 Å². The number of hydrogen-bond acceptors (Lipinski definition) is 5. The summed E-state index contributed by atoms with van der Waals surface area (Å²) >= 11 is 0. The van der Waals surface area contributed by atoms with Crippen molar-refractivity contribution in [3.05, 3.63) is 23.9 Å². The number of nitrogens with one attached hydrogen (secondary N) is 1. The molecule has 2 heterocycles. The van der Waals surface area contributed by atoms with Gasteiger partial charge in [0.05, 0.1) is 26.4 Å². The van der Waals surface area contributed by atoms with Crippen LogP contribution in [-0.2, 0) is 14.3 Å². The number of pyridine rings is 1. The van der Waals surface area contributed by atoms with Gasteiger partial charge in [-0.15, -0.1) is 0 Å². The van der Waals surface area contributed by atoms with Crippen LogP contribution in [0.5, 0.6) is 0 Å². The molecule has 1 aromatic heterocycles. The van der Waals surface area contributed by atoms with E-state index in [2.05, 4.69) is 22.1 Å². The fourth-order valence-electron chi connectivity index (χ4n) is 1.63. The summed E-state index contributed by atoms with van der Waals surface area (Å²) in [5, 5.41) is 11.3. The number of nitrogens with zero attached hydrogens (tertiary/aromatic N) is 1. The molecule has 1 unspecified atom stereocenters. The summed E-state index contributed by atoms with van der Waals surface area (Å²) in [6, 6.07) is 5.17. The molecule has 0 bridgehead atoms. The first-order chi connectivity index (χ1) is 9.79. The van der Waals surface area contributed by atoms with Gasteiger partial charge in [0, 0.05) is 6.42 Å². The fourth-order valence-corrected chi connectivity index (χ4v) is 1.63. The number of aromatic nitrogens is 1. The van der Waals surface area contributed by atoms with Gasteiger partial charge >= 0.3 is 0 Å². The van der Waals surface area contributed by atoms with Gasteiger partial charge in [0.25, 0.3) is 5.91 Å². The number of rotatable bonds is 3. The summed E-state index contributed by atoms with van der Waals surface area (Å²) in [5.74, 6) is 5.72. The first kappa shape index (κ1) is 14.5. The van der Waals surface area contributed by atoms with E-state index in [4.69, 9.17) is 14.6 Å². The van der Waals surface area contributed by atoms with E-state index in [0.717, 1.165) is 0 Å². The topological polar surface area (TPSA) is 80.7 Å². The summed E-state index contributed by atoms with van der Waals surface area (Å²) in [5.41, 5.74) is 0.539. The van der Waals surface area contributed by atoms with Crippen molar-refractivity contribution in [1.82, 2.24) is 4.98 Å². The van der Waals surface area contributed by atoms with Crippen molar-refractivity contribution in [2.45, 2.75) is 12.5 Å². The molecule has 1 fully saturated rings. The zero-order valence-electron chi connectivity index (χ0n) is 11.0. The van der Waals surface area contributed by atoms with E-state index >= 15 is 0 Å². The summed E-state index contributed by atoms with van der Waals surface area (Å²) in [6.07, 6.45) is -0.208. The molecule has 1 atom stereocenters. The first-order valence-electron chi connectivity index (χ1n) is 6.36. The molecule has 6 nitrogen and oxygen atoms in total. The number of carbonyl (C=O) groups excluding carboxylic acids is 1. The number of hydrogen-bond donors (Lipinski definition) is 2. The van der Waals surface area contributed by atoms with Gasteiger partial charge in [0.15, 0.2) is 6.10 Å². The number of carbonyl (C=O) groups is 1. The Morgan fingerprint density at radius 2 is 2.40 bits per heavy atom. The Hall–Kier alpha value is -1.94. The molecule has 0 radical (unpaired) electrons. The van der Waals surface area contributed by atoms with Crippen LogP contribution in [0.2, 0.25) is 0 Å². The van der Waals surface area contributed by atoms with Gasteiger partial charge in [-0.1, -0.05) is 12.0 Å². The molecule has 6 heteroatoms. The zero-order valence-corrected chi connectivity index (χ0v) is 11.0. The molecule has 20 heavy (non-hydrogen) atoms. The molecule has 1 aromatic rings. The molecule has 1 amide bonds. The lowest BCUT2D eigenvalue weighted by atomic mass is 10.3. The molecule has 0 aliphatic carbocycles. The molecule has 1 aliphatic heterocycles. The lowest BCUT2D eigenvalue weighted by Gasteiger charge is -2.21. The number of aliphatic hydroxyl groups excluding tert-OH is 1. The third-order valence-electron chi connectivity index (χ3n) is 2.56. The van der Waals surface area contributed by atoms with Crippen LogP contribution in [-0.4, -0.2) is 48.5 Å². The second-order valence-corrected chi connectivity index (χ2v) is 4.11. The van der Waals surface area contributed by atoms with Crippen molar-refractivity contribution in [3.8, 4) is 11.8 Å². The Morgan fingerprint density at radius 3 is 3.15 bits per heavy atom. The standard InChI is InChI=1S/C14H16N2O4/c17-7-2-1-4-11-5-3-6-13(15-11)16-14(18)12-10-19-8-9-20-12/h3,5-6,12,17H,2,7-10H2,(H,15,16,18). The summed E-state index contributed by atoms with van der Waals surface area (Å²) in [4.78, 5) is 16.1. The SMILES string of the molecule is O=C(Nc1cccc(C#CCCO)n1)C1COCCO1. The maximum atomic E-state index is 11.9. The van der Waals surface area contributed by atoms with E-state index < -0.39 is 6.10 Å². The average molecular weight is 276 g/mol. The molecule has 106 valence electrons. The van der Waals surface area contributed by atoms with E-state index in [1.54, 1.807) is 18.2 Å². The summed E-state index contributed by atoms with van der Waals surface area (Å²) in [7, 11) is 0. The van der Waals surface area contributed by atoms with Gasteiger partial charge < -0.3 is 19.9 Å². The van der Waals surface area contributed by atoms with Crippen molar-refractivity contribution in [2.75, 3.05) is 31.7 Å². The fraction of sp³-hybridized carbons (Fsp3) is 0.429. The van der Waals surface area contributed by atoms with Crippen molar-refractivity contribution in [3.63, 3.8) is 0 Å². The highest BCUT2D eigenvalue weighted by molar-refractivity contribution is 5.93. The molecule has 2 rings (SSSR count). The first-order valence-corrected chi connectivity index (χ1v) is 6.36. The van der Waals surface area contributed by atoms with Gasteiger partial charge in [-0.3, -0.25) is 4.79 Å². The van der Waals surface area contributed by atoms with Crippen LogP contribution < -0.4 is 5.32 Å². The van der Waals surface area contributed by atoms with Crippen LogP contribution in [0.3, 0.4) is 0 Å². The maximum absolute atomic E-state index is 11.9. The minimum absolute atomic E-state index is 0.0163. The molecule has 0 saturated carbocycles. The van der Waals surface area contributed by atoms with Gasteiger partial charge in [-0.2, -0.15) is 0 Å². The van der Waals surface area contributed by atoms with Crippen LogP contribution in [0, 0.1) is 11.8 Å². The third kappa shape index (κ3) is 4.31. The molecular formula is C14H16N2O4. The van der Waals surface area contributed by atoms with Gasteiger partial charge in [0.1, 0.15) is 11.5 Å². The second kappa shape index (κ2) is 7.60. The molecule has 1 saturated heterocycles. The Morgan fingerprint density at radius 1 is 1.50 bits per heavy atom. The molecule has 0 spiro atoms. The van der Waals surface area contributed by atoms with Crippen molar-refractivity contribution in [2.24, 2.45) is 0 Å². The predicted molar refractivity (Wildman–Crippen MR) is 72.0 cm³/mol.